The van der Waals surface area contributed by atoms with Crippen molar-refractivity contribution in [2.75, 3.05) is 5.32 Å². The Morgan fingerprint density at radius 3 is 2.64 bits per heavy atom. The first kappa shape index (κ1) is 16.4. The maximum atomic E-state index is 13.6. The number of benzene rings is 1. The van der Waals surface area contributed by atoms with Gasteiger partial charge in [-0.1, -0.05) is 6.07 Å². The number of pyridine rings is 1. The smallest absolute Gasteiger partial charge is 0.271 e. The summed E-state index contributed by atoms with van der Waals surface area (Å²) in [5.41, 5.74) is 1.03. The van der Waals surface area contributed by atoms with E-state index in [4.69, 9.17) is 0 Å². The summed E-state index contributed by atoms with van der Waals surface area (Å²) in [4.78, 5) is 24.0. The first-order valence-corrected chi connectivity index (χ1v) is 7.33. The number of nitrogens with zero attached hydrogens (tertiary/aromatic N) is 3. The fourth-order valence-corrected chi connectivity index (χ4v) is 2.01. The van der Waals surface area contributed by atoms with Crippen molar-refractivity contribution in [2.24, 2.45) is 0 Å². The predicted molar refractivity (Wildman–Crippen MR) is 87.1 cm³/mol. The van der Waals surface area contributed by atoms with Gasteiger partial charge in [-0.15, -0.1) is 0 Å². The lowest BCUT2D eigenvalue weighted by Gasteiger charge is -2.07. The predicted octanol–water partition coefficient (Wildman–Crippen LogP) is 2.82. The second-order valence-corrected chi connectivity index (χ2v) is 5.08. The van der Waals surface area contributed by atoms with Crippen LogP contribution in [0.5, 0.6) is 0 Å². The summed E-state index contributed by atoms with van der Waals surface area (Å²) in [5, 5.41) is 5.36. The summed E-state index contributed by atoms with van der Waals surface area (Å²) >= 11 is 0. The van der Waals surface area contributed by atoms with E-state index in [1.54, 1.807) is 18.5 Å². The third-order valence-electron chi connectivity index (χ3n) is 3.25. The van der Waals surface area contributed by atoms with Crippen LogP contribution in [0.2, 0.25) is 0 Å². The summed E-state index contributed by atoms with van der Waals surface area (Å²) in [6.07, 6.45) is 5.85. The standard InChI is InChI=1S/C17H13F2N5O/c18-12-3-4-14(13(19)6-12)24-16-10-21-15(9-22-16)17(25)23-8-11-2-1-5-20-7-11/h1-7,9-10H,8H2,(H,22,24)(H,23,25). The van der Waals surface area contributed by atoms with Gasteiger partial charge in [0.25, 0.3) is 5.91 Å². The Hall–Kier alpha value is -3.42. The molecule has 0 spiro atoms. The zero-order valence-corrected chi connectivity index (χ0v) is 12.9. The number of rotatable bonds is 5. The van der Waals surface area contributed by atoms with Crippen LogP contribution in [0.1, 0.15) is 16.1 Å². The molecule has 8 heteroatoms. The van der Waals surface area contributed by atoms with Gasteiger partial charge in [-0.3, -0.25) is 9.78 Å². The molecule has 0 unspecified atom stereocenters. The Morgan fingerprint density at radius 2 is 1.96 bits per heavy atom. The van der Waals surface area contributed by atoms with E-state index in [1.807, 2.05) is 6.07 Å². The number of hydrogen-bond donors (Lipinski definition) is 2. The van der Waals surface area contributed by atoms with Crippen molar-refractivity contribution in [3.05, 3.63) is 78.0 Å². The van der Waals surface area contributed by atoms with E-state index in [-0.39, 0.29) is 17.2 Å². The molecule has 6 nitrogen and oxygen atoms in total. The van der Waals surface area contributed by atoms with Crippen molar-refractivity contribution in [3.8, 4) is 0 Å². The topological polar surface area (TPSA) is 79.8 Å². The fraction of sp³-hybridized carbons (Fsp3) is 0.0588. The number of nitrogens with one attached hydrogen (secondary N) is 2. The minimum Gasteiger partial charge on any atom is -0.347 e. The first-order valence-electron chi connectivity index (χ1n) is 7.33. The zero-order chi connectivity index (χ0) is 17.6. The highest BCUT2D eigenvalue weighted by molar-refractivity contribution is 5.92. The molecule has 1 amide bonds. The molecular formula is C17H13F2N5O. The highest BCUT2D eigenvalue weighted by Crippen LogP contribution is 2.18. The maximum absolute atomic E-state index is 13.6. The number of carbonyl (C=O) groups is 1. The molecule has 126 valence electrons. The van der Waals surface area contributed by atoms with Crippen LogP contribution >= 0.6 is 0 Å². The van der Waals surface area contributed by atoms with Crippen LogP contribution < -0.4 is 10.6 Å². The SMILES string of the molecule is O=C(NCc1cccnc1)c1cnc(Nc2ccc(F)cc2F)cn1. The van der Waals surface area contributed by atoms with Crippen molar-refractivity contribution in [1.82, 2.24) is 20.3 Å². The van der Waals surface area contributed by atoms with Crippen LogP contribution in [0.25, 0.3) is 0 Å². The normalized spacial score (nSPS) is 10.3. The largest absolute Gasteiger partial charge is 0.347 e. The van der Waals surface area contributed by atoms with Crippen LogP contribution in [0, 0.1) is 11.6 Å². The number of halogens is 2. The highest BCUT2D eigenvalue weighted by atomic mass is 19.1. The van der Waals surface area contributed by atoms with E-state index in [0.717, 1.165) is 17.7 Å². The van der Waals surface area contributed by atoms with Crippen LogP contribution in [0.15, 0.2) is 55.1 Å². The summed E-state index contributed by atoms with van der Waals surface area (Å²) in [7, 11) is 0. The Labute approximate surface area is 142 Å². The zero-order valence-electron chi connectivity index (χ0n) is 12.9. The van der Waals surface area contributed by atoms with Crippen molar-refractivity contribution >= 4 is 17.4 Å². The number of anilines is 2. The Bertz CT molecular complexity index is 872. The van der Waals surface area contributed by atoms with Crippen molar-refractivity contribution < 1.29 is 13.6 Å². The minimum absolute atomic E-state index is 0.0597. The van der Waals surface area contributed by atoms with Crippen molar-refractivity contribution in [2.45, 2.75) is 6.54 Å². The van der Waals surface area contributed by atoms with E-state index in [1.165, 1.54) is 18.5 Å². The molecule has 2 heterocycles. The molecule has 0 saturated heterocycles. The third kappa shape index (κ3) is 4.31. The van der Waals surface area contributed by atoms with Gasteiger partial charge < -0.3 is 10.6 Å². The van der Waals surface area contributed by atoms with Gasteiger partial charge in [-0.05, 0) is 23.8 Å². The van der Waals surface area contributed by atoms with Crippen molar-refractivity contribution in [1.29, 1.82) is 0 Å². The Balaban J connectivity index is 1.62. The second-order valence-electron chi connectivity index (χ2n) is 5.08. The van der Waals surface area contributed by atoms with Crippen LogP contribution in [-0.4, -0.2) is 20.9 Å². The van der Waals surface area contributed by atoms with Gasteiger partial charge in [0.15, 0.2) is 0 Å². The number of hydrogen-bond acceptors (Lipinski definition) is 5. The average Bonchev–Trinajstić information content (AvgIpc) is 2.63. The minimum atomic E-state index is -0.750. The van der Waals surface area contributed by atoms with E-state index < -0.39 is 17.5 Å². The van der Waals surface area contributed by atoms with Gasteiger partial charge in [0, 0.05) is 25.0 Å². The lowest BCUT2D eigenvalue weighted by Crippen LogP contribution is -2.24. The lowest BCUT2D eigenvalue weighted by atomic mass is 10.3. The molecule has 0 saturated carbocycles. The molecule has 25 heavy (non-hydrogen) atoms. The second kappa shape index (κ2) is 7.43. The molecule has 0 aliphatic rings. The molecule has 0 radical (unpaired) electrons. The molecule has 1 aromatic carbocycles. The van der Waals surface area contributed by atoms with Gasteiger partial charge in [-0.2, -0.15) is 0 Å². The molecule has 0 fully saturated rings. The molecular weight excluding hydrogens is 328 g/mol. The van der Waals surface area contributed by atoms with Gasteiger partial charge >= 0.3 is 0 Å². The monoisotopic (exact) mass is 341 g/mol. The number of amides is 1. The quantitative estimate of drug-likeness (QED) is 0.746. The average molecular weight is 341 g/mol. The van der Waals surface area contributed by atoms with Crippen LogP contribution in [0.4, 0.5) is 20.3 Å². The number of carbonyl (C=O) groups excluding carboxylic acids is 1. The van der Waals surface area contributed by atoms with Gasteiger partial charge in [0.1, 0.15) is 23.1 Å². The molecule has 2 N–H and O–H groups in total. The fourth-order valence-electron chi connectivity index (χ4n) is 2.01. The van der Waals surface area contributed by atoms with Crippen LogP contribution in [-0.2, 0) is 6.54 Å². The van der Waals surface area contributed by atoms with E-state index in [2.05, 4.69) is 25.6 Å². The molecule has 3 aromatic rings. The maximum Gasteiger partial charge on any atom is 0.271 e. The van der Waals surface area contributed by atoms with Crippen molar-refractivity contribution in [3.63, 3.8) is 0 Å². The van der Waals surface area contributed by atoms with Crippen LogP contribution in [0.3, 0.4) is 0 Å². The summed E-state index contributed by atoms with van der Waals surface area (Å²) in [5.74, 6) is -1.58. The molecule has 0 bridgehead atoms. The lowest BCUT2D eigenvalue weighted by molar-refractivity contribution is 0.0945. The molecule has 0 aliphatic carbocycles. The van der Waals surface area contributed by atoms with Gasteiger partial charge in [0.05, 0.1) is 18.1 Å². The molecule has 0 atom stereocenters. The molecule has 0 aliphatic heterocycles. The summed E-state index contributed by atoms with van der Waals surface area (Å²) < 4.78 is 26.5. The molecule has 2 aromatic heterocycles. The van der Waals surface area contributed by atoms with E-state index in [9.17, 15) is 13.6 Å². The Kier molecular flexibility index (Phi) is 4.89. The highest BCUT2D eigenvalue weighted by Gasteiger charge is 2.09. The van der Waals surface area contributed by atoms with E-state index in [0.29, 0.717) is 6.54 Å². The summed E-state index contributed by atoms with van der Waals surface area (Å²) in [6.45, 7) is 0.315. The molecule has 3 rings (SSSR count). The van der Waals surface area contributed by atoms with Gasteiger partial charge in [-0.25, -0.2) is 18.7 Å². The van der Waals surface area contributed by atoms with Gasteiger partial charge in [0.2, 0.25) is 0 Å². The van der Waals surface area contributed by atoms with E-state index >= 15 is 0 Å². The summed E-state index contributed by atoms with van der Waals surface area (Å²) in [6, 6.07) is 6.75. The third-order valence-corrected chi connectivity index (χ3v) is 3.25. The number of aromatic nitrogens is 3. The first-order chi connectivity index (χ1) is 12.1. The Morgan fingerprint density at radius 1 is 1.08 bits per heavy atom.